The molecule has 1 heterocycles. The number of nitrogens with zero attached hydrogens (tertiary/aromatic N) is 1. The van der Waals surface area contributed by atoms with Gasteiger partial charge in [0.05, 0.1) is 12.0 Å². The van der Waals surface area contributed by atoms with Gasteiger partial charge in [-0.15, -0.1) is 0 Å². The summed E-state index contributed by atoms with van der Waals surface area (Å²) in [7, 11) is 0. The van der Waals surface area contributed by atoms with E-state index in [-0.39, 0.29) is 17.9 Å². The third kappa shape index (κ3) is 4.09. The maximum absolute atomic E-state index is 13.1. The van der Waals surface area contributed by atoms with E-state index in [9.17, 15) is 4.79 Å². The summed E-state index contributed by atoms with van der Waals surface area (Å²) in [4.78, 5) is 14.8. The van der Waals surface area contributed by atoms with Gasteiger partial charge in [0.1, 0.15) is 4.32 Å². The summed E-state index contributed by atoms with van der Waals surface area (Å²) >= 11 is 6.90. The molecule has 1 aliphatic heterocycles. The van der Waals surface area contributed by atoms with E-state index in [1.807, 2.05) is 30.3 Å². The van der Waals surface area contributed by atoms with Gasteiger partial charge in [0.15, 0.2) is 0 Å². The summed E-state index contributed by atoms with van der Waals surface area (Å²) in [5, 5.41) is 0. The first kappa shape index (κ1) is 17.4. The highest BCUT2D eigenvalue weighted by Gasteiger charge is 2.36. The average molecular weight is 338 g/mol. The number of rotatable bonds is 7. The summed E-state index contributed by atoms with van der Waals surface area (Å²) in [6.07, 6.45) is 1.65. The molecule has 0 spiro atoms. The zero-order valence-corrected chi connectivity index (χ0v) is 14.8. The van der Waals surface area contributed by atoms with Gasteiger partial charge in [0.25, 0.3) is 0 Å². The van der Waals surface area contributed by atoms with E-state index in [0.29, 0.717) is 17.5 Å². The van der Waals surface area contributed by atoms with Gasteiger partial charge < -0.3 is 4.74 Å². The number of thioether (sulfide) groups is 1. The minimum Gasteiger partial charge on any atom is -0.377 e. The molecule has 0 aromatic heterocycles. The molecule has 5 heteroatoms. The van der Waals surface area contributed by atoms with E-state index < -0.39 is 0 Å². The number of amides is 1. The second kappa shape index (κ2) is 8.65. The van der Waals surface area contributed by atoms with Gasteiger partial charge in [-0.3, -0.25) is 9.69 Å². The lowest BCUT2D eigenvalue weighted by Crippen LogP contribution is -2.40. The van der Waals surface area contributed by atoms with Crippen LogP contribution in [0.1, 0.15) is 38.2 Å². The topological polar surface area (TPSA) is 29.5 Å². The average Bonchev–Trinajstić information content (AvgIpc) is 2.98. The fourth-order valence-corrected chi connectivity index (χ4v) is 3.87. The van der Waals surface area contributed by atoms with Crippen molar-refractivity contribution in [2.75, 3.05) is 18.9 Å². The van der Waals surface area contributed by atoms with Gasteiger partial charge in [-0.1, -0.05) is 68.2 Å². The third-order valence-corrected chi connectivity index (χ3v) is 5.19. The van der Waals surface area contributed by atoms with Crippen LogP contribution in [0, 0.1) is 0 Å². The van der Waals surface area contributed by atoms with E-state index in [4.69, 9.17) is 17.0 Å². The monoisotopic (exact) mass is 337 g/mol. The standard InChI is InChI=1S/C17H23NO2S2/c1-3-11-20-14(4-2)15(13-8-6-5-7-9-13)16(19)18-10-12-22-17(18)21/h5-9,14-15H,3-4,10-12H2,1-2H3/t14?,15-/m1/s1. The molecule has 0 aliphatic carbocycles. The minimum absolute atomic E-state index is 0.0733. The SMILES string of the molecule is CCCOC(CC)[C@H](C(=O)N1CCSC1=S)c1ccccc1. The molecule has 1 unspecified atom stereocenters. The van der Waals surface area contributed by atoms with Gasteiger partial charge in [-0.05, 0) is 18.4 Å². The van der Waals surface area contributed by atoms with Crippen molar-refractivity contribution >= 4 is 34.2 Å². The van der Waals surface area contributed by atoms with E-state index in [1.54, 1.807) is 16.7 Å². The fourth-order valence-electron chi connectivity index (χ4n) is 2.66. The van der Waals surface area contributed by atoms with Gasteiger partial charge in [0, 0.05) is 18.9 Å². The third-order valence-electron chi connectivity index (χ3n) is 3.76. The first-order chi connectivity index (χ1) is 10.7. The number of ether oxygens (including phenoxy) is 1. The molecule has 1 fully saturated rings. The Morgan fingerprint density at radius 1 is 1.36 bits per heavy atom. The smallest absolute Gasteiger partial charge is 0.238 e. The molecule has 120 valence electrons. The van der Waals surface area contributed by atoms with Crippen LogP contribution in [0.5, 0.6) is 0 Å². The molecule has 1 aliphatic rings. The number of carbonyl (C=O) groups excluding carboxylic acids is 1. The molecular formula is C17H23NO2S2. The van der Waals surface area contributed by atoms with Gasteiger partial charge in [-0.2, -0.15) is 0 Å². The Labute approximate surface area is 142 Å². The molecule has 0 saturated carbocycles. The molecular weight excluding hydrogens is 314 g/mol. The van der Waals surface area contributed by atoms with Crippen LogP contribution < -0.4 is 0 Å². The highest BCUT2D eigenvalue weighted by atomic mass is 32.2. The molecule has 2 rings (SSSR count). The highest BCUT2D eigenvalue weighted by molar-refractivity contribution is 8.23. The number of hydrogen-bond acceptors (Lipinski definition) is 4. The Kier molecular flexibility index (Phi) is 6.86. The van der Waals surface area contributed by atoms with Crippen molar-refractivity contribution < 1.29 is 9.53 Å². The molecule has 1 aromatic rings. The number of benzene rings is 1. The summed E-state index contributed by atoms with van der Waals surface area (Å²) in [6, 6.07) is 9.92. The summed E-state index contributed by atoms with van der Waals surface area (Å²) in [5.41, 5.74) is 1.01. The van der Waals surface area contributed by atoms with Crippen molar-refractivity contribution in [2.45, 2.75) is 38.7 Å². The van der Waals surface area contributed by atoms with Crippen molar-refractivity contribution in [1.82, 2.24) is 4.90 Å². The van der Waals surface area contributed by atoms with Crippen LogP contribution in [-0.2, 0) is 9.53 Å². The predicted octanol–water partition coefficient (Wildman–Crippen LogP) is 3.84. The summed E-state index contributed by atoms with van der Waals surface area (Å²) in [5.74, 6) is 0.678. The van der Waals surface area contributed by atoms with Crippen LogP contribution in [0.3, 0.4) is 0 Å². The van der Waals surface area contributed by atoms with Crippen LogP contribution in [0.25, 0.3) is 0 Å². The zero-order valence-electron chi connectivity index (χ0n) is 13.2. The molecule has 0 N–H and O–H groups in total. The molecule has 1 amide bonds. The lowest BCUT2D eigenvalue weighted by Gasteiger charge is -2.29. The lowest BCUT2D eigenvalue weighted by molar-refractivity contribution is -0.132. The Balaban J connectivity index is 2.28. The van der Waals surface area contributed by atoms with Crippen LogP contribution in [0.4, 0.5) is 0 Å². The Morgan fingerprint density at radius 2 is 2.09 bits per heavy atom. The van der Waals surface area contributed by atoms with Crippen molar-refractivity contribution in [3.8, 4) is 0 Å². The quantitative estimate of drug-likeness (QED) is 0.707. The first-order valence-electron chi connectivity index (χ1n) is 7.83. The van der Waals surface area contributed by atoms with Crippen molar-refractivity contribution in [3.63, 3.8) is 0 Å². The number of hydrogen-bond donors (Lipinski definition) is 0. The molecule has 0 radical (unpaired) electrons. The lowest BCUT2D eigenvalue weighted by atomic mass is 9.90. The second-order valence-electron chi connectivity index (χ2n) is 5.31. The zero-order chi connectivity index (χ0) is 15.9. The van der Waals surface area contributed by atoms with Gasteiger partial charge in [0.2, 0.25) is 5.91 Å². The molecule has 0 bridgehead atoms. The molecule has 1 aromatic carbocycles. The van der Waals surface area contributed by atoms with Crippen molar-refractivity contribution in [3.05, 3.63) is 35.9 Å². The molecule has 22 heavy (non-hydrogen) atoms. The van der Waals surface area contributed by atoms with E-state index in [2.05, 4.69) is 13.8 Å². The minimum atomic E-state index is -0.283. The van der Waals surface area contributed by atoms with Crippen LogP contribution in [0.15, 0.2) is 30.3 Å². The van der Waals surface area contributed by atoms with Crippen LogP contribution in [0.2, 0.25) is 0 Å². The Hall–Kier alpha value is -0.910. The van der Waals surface area contributed by atoms with Gasteiger partial charge >= 0.3 is 0 Å². The maximum atomic E-state index is 13.1. The second-order valence-corrected chi connectivity index (χ2v) is 7.04. The molecule has 3 nitrogen and oxygen atoms in total. The Bertz CT molecular complexity index is 507. The first-order valence-corrected chi connectivity index (χ1v) is 9.23. The van der Waals surface area contributed by atoms with Gasteiger partial charge in [-0.25, -0.2) is 0 Å². The van der Waals surface area contributed by atoms with Crippen LogP contribution >= 0.6 is 24.0 Å². The van der Waals surface area contributed by atoms with Crippen molar-refractivity contribution in [2.24, 2.45) is 0 Å². The molecule has 1 saturated heterocycles. The number of carbonyl (C=O) groups is 1. The molecule has 2 atom stereocenters. The summed E-state index contributed by atoms with van der Waals surface area (Å²) in [6.45, 7) is 5.53. The summed E-state index contributed by atoms with van der Waals surface area (Å²) < 4.78 is 6.67. The fraction of sp³-hybridized carbons (Fsp3) is 0.529. The predicted molar refractivity (Wildman–Crippen MR) is 96.3 cm³/mol. The van der Waals surface area contributed by atoms with Crippen LogP contribution in [-0.4, -0.2) is 40.1 Å². The normalized spacial score (nSPS) is 17.5. The van der Waals surface area contributed by atoms with E-state index in [1.165, 1.54) is 0 Å². The largest absolute Gasteiger partial charge is 0.377 e. The number of thiocarbonyl (C=S) groups is 1. The maximum Gasteiger partial charge on any atom is 0.238 e. The van der Waals surface area contributed by atoms with Crippen molar-refractivity contribution in [1.29, 1.82) is 0 Å². The van der Waals surface area contributed by atoms with E-state index >= 15 is 0 Å². The Morgan fingerprint density at radius 3 is 2.64 bits per heavy atom. The highest BCUT2D eigenvalue weighted by Crippen LogP contribution is 2.30. The van der Waals surface area contributed by atoms with E-state index in [0.717, 1.165) is 24.2 Å².